The molecule has 3 rings (SSSR count). The number of hydrogen-bond donors (Lipinski definition) is 2. The number of fused-ring (bicyclic) bond motifs is 1. The van der Waals surface area contributed by atoms with Crippen LogP contribution in [0.3, 0.4) is 0 Å². The average molecular weight is 387 g/mol. The third kappa shape index (κ3) is 3.97. The molecule has 7 heteroatoms. The number of rotatable bonds is 5. The highest BCUT2D eigenvalue weighted by Crippen LogP contribution is 2.26. The van der Waals surface area contributed by atoms with Crippen molar-refractivity contribution in [1.29, 1.82) is 0 Å². The lowest BCUT2D eigenvalue weighted by Gasteiger charge is -2.12. The molecular formula is C20H19ClN2O4. The molecule has 1 amide bonds. The fourth-order valence-electron chi connectivity index (χ4n) is 2.86. The minimum atomic E-state index is -0.636. The Morgan fingerprint density at radius 3 is 2.70 bits per heavy atom. The van der Waals surface area contributed by atoms with Gasteiger partial charge in [-0.15, -0.1) is 0 Å². The number of anilines is 1. The molecule has 0 bridgehead atoms. The second-order valence-electron chi connectivity index (χ2n) is 6.19. The Labute approximate surface area is 161 Å². The van der Waals surface area contributed by atoms with Crippen molar-refractivity contribution >= 4 is 34.0 Å². The van der Waals surface area contributed by atoms with E-state index in [1.165, 1.54) is 17.7 Å². The van der Waals surface area contributed by atoms with Crippen molar-refractivity contribution < 1.29 is 14.6 Å². The van der Waals surface area contributed by atoms with E-state index in [2.05, 4.69) is 5.32 Å². The lowest BCUT2D eigenvalue weighted by atomic mass is 10.1. The Hall–Kier alpha value is -2.83. The summed E-state index contributed by atoms with van der Waals surface area (Å²) in [6, 6.07) is 11.6. The lowest BCUT2D eigenvalue weighted by Crippen LogP contribution is -2.25. The van der Waals surface area contributed by atoms with Crippen LogP contribution in [0, 0.1) is 0 Å². The van der Waals surface area contributed by atoms with Crippen molar-refractivity contribution in [3.8, 4) is 5.75 Å². The topological polar surface area (TPSA) is 80.6 Å². The highest BCUT2D eigenvalue weighted by Gasteiger charge is 2.13. The number of carbonyl (C=O) groups excluding carboxylic acids is 1. The zero-order valence-electron chi connectivity index (χ0n) is 14.9. The second kappa shape index (κ2) is 7.82. The monoisotopic (exact) mass is 386 g/mol. The van der Waals surface area contributed by atoms with E-state index in [0.29, 0.717) is 32.8 Å². The highest BCUT2D eigenvalue weighted by atomic mass is 35.5. The van der Waals surface area contributed by atoms with E-state index in [1.54, 1.807) is 49.5 Å². The number of carbonyl (C=O) groups is 1. The standard InChI is InChI=1S/C20H19ClN2O4/c1-12(24)11-23-9-8-14-15(20(23)26)4-3-5-17(14)22-19(25)13-6-7-18(27-2)16(21)10-13/h3-10,12,24H,11H2,1-2H3,(H,22,25). The van der Waals surface area contributed by atoms with E-state index < -0.39 is 6.10 Å². The summed E-state index contributed by atoms with van der Waals surface area (Å²) in [5.41, 5.74) is 0.669. The summed E-state index contributed by atoms with van der Waals surface area (Å²) >= 11 is 6.08. The number of methoxy groups -OCH3 is 1. The van der Waals surface area contributed by atoms with Crippen LogP contribution in [0.15, 0.2) is 53.5 Å². The number of hydrogen-bond acceptors (Lipinski definition) is 4. The number of pyridine rings is 1. The van der Waals surface area contributed by atoms with Gasteiger partial charge in [-0.25, -0.2) is 0 Å². The van der Waals surface area contributed by atoms with Crippen LogP contribution in [0.1, 0.15) is 17.3 Å². The SMILES string of the molecule is COc1ccc(C(=O)Nc2cccc3c(=O)n(CC(C)O)ccc23)cc1Cl. The third-order valence-electron chi connectivity index (χ3n) is 4.14. The van der Waals surface area contributed by atoms with Gasteiger partial charge in [0.1, 0.15) is 5.75 Å². The molecule has 1 heterocycles. The molecule has 6 nitrogen and oxygen atoms in total. The van der Waals surface area contributed by atoms with Crippen LogP contribution in [-0.2, 0) is 6.54 Å². The van der Waals surface area contributed by atoms with Gasteiger partial charge < -0.3 is 19.7 Å². The first-order chi connectivity index (χ1) is 12.9. The fraction of sp³-hybridized carbons (Fsp3) is 0.200. The molecule has 0 spiro atoms. The zero-order chi connectivity index (χ0) is 19.6. The molecule has 0 saturated heterocycles. The van der Waals surface area contributed by atoms with Gasteiger partial charge >= 0.3 is 0 Å². The van der Waals surface area contributed by atoms with Gasteiger partial charge in [-0.05, 0) is 43.3 Å². The molecule has 0 saturated carbocycles. The average Bonchev–Trinajstić information content (AvgIpc) is 2.64. The number of nitrogens with zero attached hydrogens (tertiary/aromatic N) is 1. The quantitative estimate of drug-likeness (QED) is 0.705. The molecule has 0 aliphatic heterocycles. The Morgan fingerprint density at radius 2 is 2.04 bits per heavy atom. The first kappa shape index (κ1) is 18.9. The van der Waals surface area contributed by atoms with Crippen LogP contribution in [0.25, 0.3) is 10.8 Å². The summed E-state index contributed by atoms with van der Waals surface area (Å²) in [4.78, 5) is 25.2. The van der Waals surface area contributed by atoms with Gasteiger partial charge in [0, 0.05) is 28.2 Å². The third-order valence-corrected chi connectivity index (χ3v) is 4.44. The maximum absolute atomic E-state index is 12.6. The number of halogens is 1. The summed E-state index contributed by atoms with van der Waals surface area (Å²) in [6.45, 7) is 1.82. The van der Waals surface area contributed by atoms with Crippen molar-refractivity contribution in [3.05, 3.63) is 69.6 Å². The predicted molar refractivity (Wildman–Crippen MR) is 106 cm³/mol. The first-order valence-corrected chi connectivity index (χ1v) is 8.73. The van der Waals surface area contributed by atoms with Crippen LogP contribution < -0.4 is 15.6 Å². The largest absolute Gasteiger partial charge is 0.495 e. The molecule has 0 fully saturated rings. The van der Waals surface area contributed by atoms with E-state index >= 15 is 0 Å². The maximum Gasteiger partial charge on any atom is 0.258 e. The van der Waals surface area contributed by atoms with Crippen molar-refractivity contribution in [2.24, 2.45) is 0 Å². The number of benzene rings is 2. The first-order valence-electron chi connectivity index (χ1n) is 8.36. The maximum atomic E-state index is 12.6. The van der Waals surface area contributed by atoms with E-state index in [9.17, 15) is 14.7 Å². The number of ether oxygens (including phenoxy) is 1. The molecule has 3 aromatic rings. The van der Waals surface area contributed by atoms with Crippen LogP contribution in [0.4, 0.5) is 5.69 Å². The predicted octanol–water partition coefficient (Wildman–Crippen LogP) is 3.30. The molecule has 1 atom stereocenters. The van der Waals surface area contributed by atoms with Crippen LogP contribution in [0.2, 0.25) is 5.02 Å². The molecular weight excluding hydrogens is 368 g/mol. The van der Waals surface area contributed by atoms with Crippen molar-refractivity contribution in [3.63, 3.8) is 0 Å². The van der Waals surface area contributed by atoms with Gasteiger partial charge in [-0.2, -0.15) is 0 Å². The van der Waals surface area contributed by atoms with Crippen LogP contribution >= 0.6 is 11.6 Å². The van der Waals surface area contributed by atoms with Crippen molar-refractivity contribution in [2.75, 3.05) is 12.4 Å². The minimum Gasteiger partial charge on any atom is -0.495 e. The molecule has 1 unspecified atom stereocenters. The smallest absolute Gasteiger partial charge is 0.258 e. The molecule has 2 N–H and O–H groups in total. The molecule has 0 aliphatic rings. The number of nitrogens with one attached hydrogen (secondary N) is 1. The van der Waals surface area contributed by atoms with Gasteiger partial charge in [0.25, 0.3) is 11.5 Å². The normalized spacial score (nSPS) is 12.0. The molecule has 140 valence electrons. The second-order valence-corrected chi connectivity index (χ2v) is 6.60. The lowest BCUT2D eigenvalue weighted by molar-refractivity contribution is 0.102. The summed E-state index contributed by atoms with van der Waals surface area (Å²) in [5.74, 6) is 0.136. The fourth-order valence-corrected chi connectivity index (χ4v) is 3.12. The Balaban J connectivity index is 1.95. The molecule has 2 aromatic carbocycles. The van der Waals surface area contributed by atoms with Gasteiger partial charge in [0.2, 0.25) is 0 Å². The molecule has 1 aromatic heterocycles. The Bertz CT molecular complexity index is 1060. The van der Waals surface area contributed by atoms with Gasteiger partial charge in [-0.3, -0.25) is 9.59 Å². The number of aromatic nitrogens is 1. The van der Waals surface area contributed by atoms with Crippen LogP contribution in [0.5, 0.6) is 5.75 Å². The van der Waals surface area contributed by atoms with Gasteiger partial charge in [0.15, 0.2) is 0 Å². The summed E-state index contributed by atoms with van der Waals surface area (Å²) in [5, 5.41) is 13.8. The molecule has 0 radical (unpaired) electrons. The van der Waals surface area contributed by atoms with E-state index in [4.69, 9.17) is 16.3 Å². The Kier molecular flexibility index (Phi) is 5.48. The van der Waals surface area contributed by atoms with Gasteiger partial charge in [-0.1, -0.05) is 17.7 Å². The number of aliphatic hydroxyl groups excluding tert-OH is 1. The zero-order valence-corrected chi connectivity index (χ0v) is 15.7. The highest BCUT2D eigenvalue weighted by molar-refractivity contribution is 6.32. The number of aliphatic hydroxyl groups is 1. The number of amides is 1. The van der Waals surface area contributed by atoms with Crippen molar-refractivity contribution in [1.82, 2.24) is 4.57 Å². The minimum absolute atomic E-state index is 0.204. The Morgan fingerprint density at radius 1 is 1.26 bits per heavy atom. The van der Waals surface area contributed by atoms with Crippen LogP contribution in [-0.4, -0.2) is 28.8 Å². The molecule has 27 heavy (non-hydrogen) atoms. The molecule has 0 aliphatic carbocycles. The summed E-state index contributed by atoms with van der Waals surface area (Å²) < 4.78 is 6.54. The van der Waals surface area contributed by atoms with E-state index in [-0.39, 0.29) is 18.0 Å². The van der Waals surface area contributed by atoms with E-state index in [1.807, 2.05) is 0 Å². The van der Waals surface area contributed by atoms with Gasteiger partial charge in [0.05, 0.1) is 24.8 Å². The summed E-state index contributed by atoms with van der Waals surface area (Å²) in [7, 11) is 1.50. The van der Waals surface area contributed by atoms with Crippen molar-refractivity contribution in [2.45, 2.75) is 19.6 Å². The van der Waals surface area contributed by atoms with E-state index in [0.717, 1.165) is 0 Å². The summed E-state index contributed by atoms with van der Waals surface area (Å²) in [6.07, 6.45) is 0.972.